The number of hydrogen-bond donors (Lipinski definition) is 2. The first-order valence-electron chi connectivity index (χ1n) is 3.97. The average Bonchev–Trinajstić information content (AvgIpc) is 2.45. The van der Waals surface area contributed by atoms with E-state index in [1.54, 1.807) is 19.2 Å². The van der Waals surface area contributed by atoms with Crippen LogP contribution in [0.25, 0.3) is 0 Å². The molecule has 0 spiro atoms. The van der Waals surface area contributed by atoms with Gasteiger partial charge in [-0.15, -0.1) is 0 Å². The third-order valence-corrected chi connectivity index (χ3v) is 2.11. The molecule has 0 bridgehead atoms. The number of amides is 1. The standard InChI is InChI=1S/C9H10N2O2/c1-13-9-5-4-8(12)11-7(5)3-2-6(9)10/h2-3H,4,10H2,1H3,(H,11,12). The Kier molecular flexibility index (Phi) is 1.62. The van der Waals surface area contributed by atoms with E-state index in [9.17, 15) is 4.79 Å². The molecule has 1 heterocycles. The first-order valence-corrected chi connectivity index (χ1v) is 3.97. The van der Waals surface area contributed by atoms with Gasteiger partial charge in [0.15, 0.2) is 0 Å². The molecule has 0 fully saturated rings. The lowest BCUT2D eigenvalue weighted by Gasteiger charge is -2.08. The maximum absolute atomic E-state index is 11.1. The fourth-order valence-corrected chi connectivity index (χ4v) is 1.53. The van der Waals surface area contributed by atoms with Gasteiger partial charge in [-0.1, -0.05) is 0 Å². The van der Waals surface area contributed by atoms with Crippen LogP contribution in [-0.4, -0.2) is 13.0 Å². The summed E-state index contributed by atoms with van der Waals surface area (Å²) in [5.74, 6) is 0.592. The van der Waals surface area contributed by atoms with E-state index in [4.69, 9.17) is 10.5 Å². The summed E-state index contributed by atoms with van der Waals surface area (Å²) in [6.07, 6.45) is 0.351. The SMILES string of the molecule is COc1c(N)ccc2c1CC(=O)N2. The zero-order chi connectivity index (χ0) is 9.42. The monoisotopic (exact) mass is 178 g/mol. The molecule has 1 aliphatic heterocycles. The molecule has 0 saturated carbocycles. The van der Waals surface area contributed by atoms with Gasteiger partial charge in [-0.2, -0.15) is 0 Å². The fourth-order valence-electron chi connectivity index (χ4n) is 1.53. The summed E-state index contributed by atoms with van der Waals surface area (Å²) < 4.78 is 5.12. The molecule has 4 heteroatoms. The van der Waals surface area contributed by atoms with E-state index >= 15 is 0 Å². The molecule has 1 aliphatic rings. The van der Waals surface area contributed by atoms with Crippen molar-refractivity contribution < 1.29 is 9.53 Å². The van der Waals surface area contributed by atoms with Gasteiger partial charge in [-0.25, -0.2) is 0 Å². The Bertz CT molecular complexity index is 374. The number of ether oxygens (including phenoxy) is 1. The van der Waals surface area contributed by atoms with Gasteiger partial charge in [0.2, 0.25) is 5.91 Å². The number of carbonyl (C=O) groups is 1. The van der Waals surface area contributed by atoms with Crippen LogP contribution in [0.5, 0.6) is 5.75 Å². The maximum Gasteiger partial charge on any atom is 0.229 e. The third kappa shape index (κ3) is 1.11. The molecular weight excluding hydrogens is 168 g/mol. The maximum atomic E-state index is 11.1. The lowest BCUT2D eigenvalue weighted by atomic mass is 10.1. The largest absolute Gasteiger partial charge is 0.494 e. The van der Waals surface area contributed by atoms with Crippen molar-refractivity contribution in [1.82, 2.24) is 0 Å². The molecule has 0 aliphatic carbocycles. The average molecular weight is 178 g/mol. The van der Waals surface area contributed by atoms with Crippen LogP contribution in [0.1, 0.15) is 5.56 Å². The van der Waals surface area contributed by atoms with E-state index < -0.39 is 0 Å². The van der Waals surface area contributed by atoms with Crippen LogP contribution in [0.2, 0.25) is 0 Å². The van der Waals surface area contributed by atoms with E-state index in [-0.39, 0.29) is 5.91 Å². The highest BCUT2D eigenvalue weighted by Gasteiger charge is 2.22. The summed E-state index contributed by atoms with van der Waals surface area (Å²) in [7, 11) is 1.55. The Morgan fingerprint density at radius 1 is 1.54 bits per heavy atom. The molecule has 2 rings (SSSR count). The molecule has 0 aromatic heterocycles. The molecule has 1 aromatic rings. The van der Waals surface area contributed by atoms with Crippen LogP contribution in [-0.2, 0) is 11.2 Å². The van der Waals surface area contributed by atoms with E-state index in [1.807, 2.05) is 0 Å². The summed E-state index contributed by atoms with van der Waals surface area (Å²) in [5.41, 5.74) is 7.91. The number of nitrogens with one attached hydrogen (secondary N) is 1. The predicted molar refractivity (Wildman–Crippen MR) is 49.7 cm³/mol. The number of anilines is 2. The summed E-state index contributed by atoms with van der Waals surface area (Å²) >= 11 is 0. The number of carbonyl (C=O) groups excluding carboxylic acids is 1. The number of rotatable bonds is 1. The molecule has 4 nitrogen and oxygen atoms in total. The number of fused-ring (bicyclic) bond motifs is 1. The minimum absolute atomic E-state index is 0.0149. The van der Waals surface area contributed by atoms with Crippen molar-refractivity contribution in [2.45, 2.75) is 6.42 Å². The number of hydrogen-bond acceptors (Lipinski definition) is 3. The number of benzene rings is 1. The molecule has 68 valence electrons. The Labute approximate surface area is 75.7 Å². The first kappa shape index (κ1) is 7.91. The summed E-state index contributed by atoms with van der Waals surface area (Å²) in [4.78, 5) is 11.1. The van der Waals surface area contributed by atoms with Crippen molar-refractivity contribution in [1.29, 1.82) is 0 Å². The molecule has 0 radical (unpaired) electrons. The van der Waals surface area contributed by atoms with Gasteiger partial charge in [-0.05, 0) is 12.1 Å². The molecule has 1 aromatic carbocycles. The van der Waals surface area contributed by atoms with Gasteiger partial charge in [0.25, 0.3) is 0 Å². The molecule has 0 unspecified atom stereocenters. The second-order valence-electron chi connectivity index (χ2n) is 2.94. The van der Waals surface area contributed by atoms with E-state index in [1.165, 1.54) is 0 Å². The molecule has 3 N–H and O–H groups in total. The fraction of sp³-hybridized carbons (Fsp3) is 0.222. The second-order valence-corrected chi connectivity index (χ2v) is 2.94. The Morgan fingerprint density at radius 3 is 3.00 bits per heavy atom. The van der Waals surface area contributed by atoms with Crippen molar-refractivity contribution in [3.8, 4) is 5.75 Å². The number of methoxy groups -OCH3 is 1. The van der Waals surface area contributed by atoms with E-state index in [0.717, 1.165) is 11.3 Å². The molecule has 1 amide bonds. The lowest BCUT2D eigenvalue weighted by Crippen LogP contribution is -2.03. The van der Waals surface area contributed by atoms with Crippen LogP contribution < -0.4 is 15.8 Å². The minimum atomic E-state index is -0.0149. The zero-order valence-corrected chi connectivity index (χ0v) is 7.26. The van der Waals surface area contributed by atoms with E-state index in [2.05, 4.69) is 5.32 Å². The molecular formula is C9H10N2O2. The molecule has 0 atom stereocenters. The van der Waals surface area contributed by atoms with Crippen molar-refractivity contribution in [3.63, 3.8) is 0 Å². The second kappa shape index (κ2) is 2.65. The van der Waals surface area contributed by atoms with Crippen LogP contribution in [0.15, 0.2) is 12.1 Å². The van der Waals surface area contributed by atoms with Gasteiger partial charge in [0.1, 0.15) is 5.75 Å². The Balaban J connectivity index is 2.58. The lowest BCUT2D eigenvalue weighted by molar-refractivity contribution is -0.115. The van der Waals surface area contributed by atoms with Crippen LogP contribution in [0, 0.1) is 0 Å². The van der Waals surface area contributed by atoms with Gasteiger partial charge in [0, 0.05) is 11.3 Å². The highest BCUT2D eigenvalue weighted by atomic mass is 16.5. The van der Waals surface area contributed by atoms with Gasteiger partial charge in [-0.3, -0.25) is 4.79 Å². The highest BCUT2D eigenvalue weighted by molar-refractivity contribution is 6.01. The highest BCUT2D eigenvalue weighted by Crippen LogP contribution is 2.35. The van der Waals surface area contributed by atoms with Crippen molar-refractivity contribution in [3.05, 3.63) is 17.7 Å². The quantitative estimate of drug-likeness (QED) is 0.624. The first-order chi connectivity index (χ1) is 6.22. The minimum Gasteiger partial charge on any atom is -0.494 e. The normalized spacial score (nSPS) is 13.8. The Morgan fingerprint density at radius 2 is 2.31 bits per heavy atom. The summed E-state index contributed by atoms with van der Waals surface area (Å²) in [6, 6.07) is 3.52. The van der Waals surface area contributed by atoms with E-state index in [0.29, 0.717) is 17.9 Å². The van der Waals surface area contributed by atoms with Crippen molar-refractivity contribution in [2.75, 3.05) is 18.2 Å². The molecule has 0 saturated heterocycles. The summed E-state index contributed by atoms with van der Waals surface area (Å²) in [5, 5.41) is 2.72. The topological polar surface area (TPSA) is 64.3 Å². The van der Waals surface area contributed by atoms with Crippen molar-refractivity contribution in [2.24, 2.45) is 0 Å². The van der Waals surface area contributed by atoms with Crippen molar-refractivity contribution >= 4 is 17.3 Å². The zero-order valence-electron chi connectivity index (χ0n) is 7.26. The third-order valence-electron chi connectivity index (χ3n) is 2.11. The smallest absolute Gasteiger partial charge is 0.229 e. The van der Waals surface area contributed by atoms with Gasteiger partial charge < -0.3 is 15.8 Å². The number of nitrogen functional groups attached to an aromatic ring is 1. The van der Waals surface area contributed by atoms with Crippen LogP contribution in [0.3, 0.4) is 0 Å². The van der Waals surface area contributed by atoms with Crippen LogP contribution in [0.4, 0.5) is 11.4 Å². The van der Waals surface area contributed by atoms with Gasteiger partial charge >= 0.3 is 0 Å². The van der Waals surface area contributed by atoms with Gasteiger partial charge in [0.05, 0.1) is 19.2 Å². The predicted octanol–water partition coefficient (Wildman–Crippen LogP) is 0.772. The summed E-state index contributed by atoms with van der Waals surface area (Å²) in [6.45, 7) is 0. The molecule has 13 heavy (non-hydrogen) atoms. The number of nitrogens with two attached hydrogens (primary N) is 1. The van der Waals surface area contributed by atoms with Crippen LogP contribution >= 0.6 is 0 Å². The Hall–Kier alpha value is -1.71.